The van der Waals surface area contributed by atoms with Crippen LogP contribution in [0.25, 0.3) is 0 Å². The molecule has 108 valence electrons. The third kappa shape index (κ3) is 3.14. The Bertz CT molecular complexity index is 391. The molecule has 0 bridgehead atoms. The molecule has 1 fully saturated rings. The van der Waals surface area contributed by atoms with Gasteiger partial charge in [-0.05, 0) is 18.8 Å². The molecule has 5 nitrogen and oxygen atoms in total. The first-order chi connectivity index (χ1) is 8.72. The van der Waals surface area contributed by atoms with Crippen LogP contribution in [0, 0.1) is 17.3 Å². The molecular weight excluding hydrogens is 246 g/mol. The zero-order chi connectivity index (χ0) is 14.8. The number of hydrogen-bond donors (Lipinski definition) is 1. The highest BCUT2D eigenvalue weighted by atomic mass is 16.4. The number of aliphatic carboxylic acids is 1. The molecule has 2 unspecified atom stereocenters. The molecule has 2 atom stereocenters. The number of rotatable bonds is 6. The van der Waals surface area contributed by atoms with E-state index in [1.54, 1.807) is 0 Å². The van der Waals surface area contributed by atoms with Gasteiger partial charge in [0.15, 0.2) is 0 Å². The topological polar surface area (TPSA) is 74.7 Å². The normalized spacial score (nSPS) is 25.2. The number of amides is 2. The Morgan fingerprint density at radius 3 is 2.37 bits per heavy atom. The smallest absolute Gasteiger partial charge is 0.303 e. The van der Waals surface area contributed by atoms with Crippen LogP contribution >= 0.6 is 0 Å². The molecule has 0 aromatic rings. The van der Waals surface area contributed by atoms with Crippen molar-refractivity contribution >= 4 is 17.8 Å². The summed E-state index contributed by atoms with van der Waals surface area (Å²) in [5, 5.41) is 8.82. The number of carboxylic acids is 1. The third-order valence-corrected chi connectivity index (χ3v) is 4.31. The van der Waals surface area contributed by atoms with Crippen molar-refractivity contribution in [2.45, 2.75) is 47.0 Å². The minimum Gasteiger partial charge on any atom is -0.481 e. The fourth-order valence-corrected chi connectivity index (χ4v) is 2.39. The lowest BCUT2D eigenvalue weighted by atomic mass is 9.78. The molecule has 1 rings (SSSR count). The van der Waals surface area contributed by atoms with Gasteiger partial charge in [-0.15, -0.1) is 0 Å². The van der Waals surface area contributed by atoms with Gasteiger partial charge in [0.2, 0.25) is 11.8 Å². The first-order valence-corrected chi connectivity index (χ1v) is 6.79. The van der Waals surface area contributed by atoms with Gasteiger partial charge in [-0.2, -0.15) is 0 Å². The minimum atomic E-state index is -0.891. The van der Waals surface area contributed by atoms with Gasteiger partial charge in [-0.3, -0.25) is 19.3 Å². The summed E-state index contributed by atoms with van der Waals surface area (Å²) in [7, 11) is 0. The quantitative estimate of drug-likeness (QED) is 0.747. The molecule has 0 aromatic heterocycles. The van der Waals surface area contributed by atoms with Crippen LogP contribution in [0.5, 0.6) is 0 Å². The van der Waals surface area contributed by atoms with Gasteiger partial charge in [0, 0.05) is 19.4 Å². The molecule has 5 heteroatoms. The van der Waals surface area contributed by atoms with Gasteiger partial charge in [0.1, 0.15) is 0 Å². The Hall–Kier alpha value is -1.39. The lowest BCUT2D eigenvalue weighted by molar-refractivity contribution is -0.145. The first kappa shape index (κ1) is 15.7. The predicted octanol–water partition coefficient (Wildman–Crippen LogP) is 1.91. The van der Waals surface area contributed by atoms with E-state index in [1.807, 2.05) is 27.7 Å². The Morgan fingerprint density at radius 1 is 1.42 bits per heavy atom. The number of nitrogens with zero attached hydrogens (tertiary/aromatic N) is 1. The second kappa shape index (κ2) is 5.72. The number of carbonyl (C=O) groups excluding carboxylic acids is 2. The second-order valence-electron chi connectivity index (χ2n) is 5.93. The van der Waals surface area contributed by atoms with Crippen LogP contribution in [0.15, 0.2) is 0 Å². The van der Waals surface area contributed by atoms with Crippen molar-refractivity contribution in [1.82, 2.24) is 4.90 Å². The van der Waals surface area contributed by atoms with E-state index in [9.17, 15) is 14.4 Å². The lowest BCUT2D eigenvalue weighted by Crippen LogP contribution is -2.39. The summed E-state index contributed by atoms with van der Waals surface area (Å²) in [6.07, 6.45) is 0.862. The Morgan fingerprint density at radius 2 is 2.00 bits per heavy atom. The molecule has 0 radical (unpaired) electrons. The number of likely N-dealkylation sites (tertiary alicyclic amines) is 1. The Kier molecular flexibility index (Phi) is 4.71. The molecule has 0 aromatic carbocycles. The van der Waals surface area contributed by atoms with E-state index >= 15 is 0 Å². The number of imide groups is 1. The summed E-state index contributed by atoms with van der Waals surface area (Å²) in [5.41, 5.74) is -0.640. The van der Waals surface area contributed by atoms with Crippen LogP contribution in [0.3, 0.4) is 0 Å². The fraction of sp³-hybridized carbons (Fsp3) is 0.786. The number of carbonyl (C=O) groups is 3. The summed E-state index contributed by atoms with van der Waals surface area (Å²) in [6.45, 7) is 7.78. The average molecular weight is 269 g/mol. The van der Waals surface area contributed by atoms with Crippen LogP contribution in [-0.2, 0) is 14.4 Å². The van der Waals surface area contributed by atoms with E-state index in [-0.39, 0.29) is 43.0 Å². The highest BCUT2D eigenvalue weighted by Gasteiger charge is 2.50. The largest absolute Gasteiger partial charge is 0.481 e. The van der Waals surface area contributed by atoms with Crippen molar-refractivity contribution in [3.8, 4) is 0 Å². The fourth-order valence-electron chi connectivity index (χ4n) is 2.39. The van der Waals surface area contributed by atoms with Crippen LogP contribution in [0.4, 0.5) is 0 Å². The van der Waals surface area contributed by atoms with E-state index in [2.05, 4.69) is 0 Å². The van der Waals surface area contributed by atoms with Crippen LogP contribution < -0.4 is 0 Å². The lowest BCUT2D eigenvalue weighted by Gasteiger charge is -2.27. The van der Waals surface area contributed by atoms with E-state index in [4.69, 9.17) is 5.11 Å². The molecular formula is C14H23NO4. The van der Waals surface area contributed by atoms with Crippen molar-refractivity contribution in [3.05, 3.63) is 0 Å². The second-order valence-corrected chi connectivity index (χ2v) is 5.93. The highest BCUT2D eigenvalue weighted by Crippen LogP contribution is 2.39. The highest BCUT2D eigenvalue weighted by molar-refractivity contribution is 6.05. The van der Waals surface area contributed by atoms with Crippen LogP contribution in [0.2, 0.25) is 0 Å². The summed E-state index contributed by atoms with van der Waals surface area (Å²) in [6, 6.07) is 0. The summed E-state index contributed by atoms with van der Waals surface area (Å²) < 4.78 is 0. The maximum Gasteiger partial charge on any atom is 0.303 e. The maximum absolute atomic E-state index is 12.4. The minimum absolute atomic E-state index is 0.00798. The molecule has 1 aliphatic heterocycles. The molecule has 0 aliphatic carbocycles. The van der Waals surface area contributed by atoms with Crippen LogP contribution in [0.1, 0.15) is 47.0 Å². The van der Waals surface area contributed by atoms with E-state index in [0.29, 0.717) is 6.42 Å². The van der Waals surface area contributed by atoms with Gasteiger partial charge < -0.3 is 5.11 Å². The Labute approximate surface area is 114 Å². The van der Waals surface area contributed by atoms with E-state index in [0.717, 1.165) is 0 Å². The van der Waals surface area contributed by atoms with Crippen molar-refractivity contribution in [1.29, 1.82) is 0 Å². The zero-order valence-electron chi connectivity index (χ0n) is 12.1. The Balaban J connectivity index is 2.82. The van der Waals surface area contributed by atoms with Crippen LogP contribution in [-0.4, -0.2) is 34.3 Å². The van der Waals surface area contributed by atoms with Gasteiger partial charge >= 0.3 is 5.97 Å². The van der Waals surface area contributed by atoms with E-state index in [1.165, 1.54) is 4.90 Å². The summed E-state index contributed by atoms with van der Waals surface area (Å²) >= 11 is 0. The predicted molar refractivity (Wildman–Crippen MR) is 70.3 cm³/mol. The molecule has 1 saturated heterocycles. The molecule has 2 amide bonds. The molecule has 1 heterocycles. The summed E-state index contributed by atoms with van der Waals surface area (Å²) in [4.78, 5) is 36.4. The molecule has 1 N–H and O–H groups in total. The van der Waals surface area contributed by atoms with Crippen molar-refractivity contribution < 1.29 is 19.5 Å². The standard InChI is InChI=1S/C14H23NO4/c1-5-10(6-12(17)18)8-15-11(16)7-14(4,9(2)3)13(15)19/h9-10H,5-8H2,1-4H3,(H,17,18). The van der Waals surface area contributed by atoms with Crippen molar-refractivity contribution in [2.75, 3.05) is 6.54 Å². The molecule has 0 spiro atoms. The van der Waals surface area contributed by atoms with E-state index < -0.39 is 11.4 Å². The van der Waals surface area contributed by atoms with Gasteiger partial charge in [-0.1, -0.05) is 27.2 Å². The maximum atomic E-state index is 12.4. The zero-order valence-corrected chi connectivity index (χ0v) is 12.1. The van der Waals surface area contributed by atoms with Gasteiger partial charge in [0.05, 0.1) is 5.41 Å². The third-order valence-electron chi connectivity index (χ3n) is 4.31. The average Bonchev–Trinajstić information content (AvgIpc) is 2.52. The first-order valence-electron chi connectivity index (χ1n) is 6.79. The van der Waals surface area contributed by atoms with Crippen molar-refractivity contribution in [3.63, 3.8) is 0 Å². The van der Waals surface area contributed by atoms with Gasteiger partial charge in [0.25, 0.3) is 0 Å². The monoisotopic (exact) mass is 269 g/mol. The van der Waals surface area contributed by atoms with Gasteiger partial charge in [-0.25, -0.2) is 0 Å². The molecule has 1 aliphatic rings. The molecule has 19 heavy (non-hydrogen) atoms. The number of hydrogen-bond acceptors (Lipinski definition) is 3. The van der Waals surface area contributed by atoms with Crippen molar-refractivity contribution in [2.24, 2.45) is 17.3 Å². The SMILES string of the molecule is CCC(CC(=O)O)CN1C(=O)CC(C)(C(C)C)C1=O. The summed E-state index contributed by atoms with van der Waals surface area (Å²) in [5.74, 6) is -1.30. The molecule has 0 saturated carbocycles. The number of carboxylic acid groups (broad SMARTS) is 1.